The summed E-state index contributed by atoms with van der Waals surface area (Å²) in [6.07, 6.45) is 2.90. The first-order valence-corrected chi connectivity index (χ1v) is 3.54. The summed E-state index contributed by atoms with van der Waals surface area (Å²) in [6.45, 7) is 2.81. The second kappa shape index (κ2) is 5.89. The number of nitrogens with zero attached hydrogens (tertiary/aromatic N) is 1. The van der Waals surface area contributed by atoms with Crippen LogP contribution in [0.25, 0.3) is 5.41 Å². The average molecular weight is 144 g/mol. The van der Waals surface area contributed by atoms with E-state index in [1.165, 1.54) is 31.1 Å². The van der Waals surface area contributed by atoms with Crippen molar-refractivity contribution in [3.05, 3.63) is 5.41 Å². The predicted octanol–water partition coefficient (Wildman–Crippen LogP) is -0.0465. The third-order valence-corrected chi connectivity index (χ3v) is 1.46. The van der Waals surface area contributed by atoms with Gasteiger partial charge in [0.1, 0.15) is 0 Å². The molecule has 3 heteroatoms. The number of hydrogen-bond acceptors (Lipinski definition) is 1. The molecule has 0 aromatic carbocycles. The number of likely N-dealkylation sites (tertiary alicyclic amines) is 1. The molecule has 1 rings (SSSR count). The Bertz CT molecular complexity index is 91.2. The lowest BCUT2D eigenvalue weighted by Crippen LogP contribution is -3.06. The molecule has 0 bridgehead atoms. The van der Waals surface area contributed by atoms with Crippen molar-refractivity contribution in [2.24, 2.45) is 0 Å². The van der Waals surface area contributed by atoms with Crippen molar-refractivity contribution in [2.75, 3.05) is 20.1 Å². The molecule has 1 aliphatic rings. The molecule has 0 aromatic rings. The van der Waals surface area contributed by atoms with Crippen LogP contribution in [0.1, 0.15) is 12.8 Å². The van der Waals surface area contributed by atoms with Gasteiger partial charge in [0.25, 0.3) is 0 Å². The largest absolute Gasteiger partial charge is 0.753 e. The number of rotatable bonds is 0. The molecule has 0 aromatic heterocycles. The monoisotopic (exact) mass is 144 g/mol. The molecule has 9 heavy (non-hydrogen) atoms. The molecule has 0 unspecified atom stereocenters. The lowest BCUT2D eigenvalue weighted by molar-refractivity contribution is -0.866. The fourth-order valence-electron chi connectivity index (χ4n) is 0.979. The number of thiocarbonyl (C=S) groups is 1. The average Bonchev–Trinajstić information content (AvgIpc) is 2.20. The zero-order chi connectivity index (χ0) is 7.11. The fraction of sp³-hybridized carbons (Fsp3) is 0.833. The first-order valence-electron chi connectivity index (χ1n) is 3.13. The van der Waals surface area contributed by atoms with Gasteiger partial charge in [0.15, 0.2) is 0 Å². The van der Waals surface area contributed by atoms with Crippen LogP contribution in [0, 0.1) is 0 Å². The minimum absolute atomic E-state index is 1.33. The number of isothiocyanates is 1. The van der Waals surface area contributed by atoms with Crippen molar-refractivity contribution in [1.29, 1.82) is 0 Å². The standard InChI is InChI=1S/C5H11N.CNS/c1-6-4-2-3-5-6;2-1-3/h2-5H2,1H3;/q;-1/p+1. The second-order valence-corrected chi connectivity index (χ2v) is 2.44. The minimum Gasteiger partial charge on any atom is -0.753 e. The molecule has 0 amide bonds. The van der Waals surface area contributed by atoms with Crippen molar-refractivity contribution in [3.63, 3.8) is 0 Å². The van der Waals surface area contributed by atoms with Gasteiger partial charge in [-0.05, 0) is 0 Å². The van der Waals surface area contributed by atoms with Gasteiger partial charge in [-0.15, -0.1) is 0 Å². The summed E-state index contributed by atoms with van der Waals surface area (Å²) < 4.78 is 0. The maximum atomic E-state index is 7.13. The molecule has 0 aliphatic carbocycles. The van der Waals surface area contributed by atoms with Crippen LogP contribution in [-0.2, 0) is 0 Å². The Balaban J connectivity index is 0.000000187. The molecular weight excluding hydrogens is 132 g/mol. The Kier molecular flexibility index (Phi) is 5.73. The van der Waals surface area contributed by atoms with Crippen LogP contribution >= 0.6 is 12.2 Å². The second-order valence-electron chi connectivity index (χ2n) is 2.26. The van der Waals surface area contributed by atoms with Crippen LogP contribution in [0.3, 0.4) is 0 Å². The summed E-state index contributed by atoms with van der Waals surface area (Å²) in [5, 5.41) is 8.47. The van der Waals surface area contributed by atoms with Crippen LogP contribution in [0.2, 0.25) is 0 Å². The highest BCUT2D eigenvalue weighted by atomic mass is 32.1. The van der Waals surface area contributed by atoms with E-state index >= 15 is 0 Å². The maximum Gasteiger partial charge on any atom is 0.0771 e. The van der Waals surface area contributed by atoms with Crippen LogP contribution in [-0.4, -0.2) is 25.3 Å². The van der Waals surface area contributed by atoms with Gasteiger partial charge in [0.2, 0.25) is 0 Å². The van der Waals surface area contributed by atoms with Gasteiger partial charge in [0.05, 0.1) is 20.1 Å². The van der Waals surface area contributed by atoms with Crippen LogP contribution in [0.4, 0.5) is 0 Å². The first-order chi connectivity index (χ1) is 4.31. The molecule has 1 saturated heterocycles. The predicted molar refractivity (Wildman–Crippen MR) is 41.8 cm³/mol. The van der Waals surface area contributed by atoms with Gasteiger partial charge in [-0.1, -0.05) is 12.2 Å². The summed E-state index contributed by atoms with van der Waals surface area (Å²) in [4.78, 5) is 1.70. The third kappa shape index (κ3) is 5.63. The lowest BCUT2D eigenvalue weighted by atomic mass is 10.4. The molecule has 52 valence electrons. The van der Waals surface area contributed by atoms with Gasteiger partial charge in [-0.25, -0.2) is 0 Å². The molecular formula is C6H12N2S. The van der Waals surface area contributed by atoms with E-state index in [1.54, 1.807) is 4.90 Å². The quantitative estimate of drug-likeness (QED) is 0.374. The van der Waals surface area contributed by atoms with Gasteiger partial charge in [0, 0.05) is 12.8 Å². The van der Waals surface area contributed by atoms with E-state index in [4.69, 9.17) is 5.41 Å². The summed E-state index contributed by atoms with van der Waals surface area (Å²) in [7, 11) is 2.26. The molecule has 1 fully saturated rings. The SMILES string of the molecule is C[NH+]1CCCC1.[N-]=C=S. The van der Waals surface area contributed by atoms with Gasteiger partial charge >= 0.3 is 0 Å². The van der Waals surface area contributed by atoms with Gasteiger partial charge in [-0.2, -0.15) is 5.16 Å². The van der Waals surface area contributed by atoms with Crippen LogP contribution < -0.4 is 4.90 Å². The smallest absolute Gasteiger partial charge is 0.0771 e. The fourth-order valence-corrected chi connectivity index (χ4v) is 0.979. The number of hydrogen-bond donors (Lipinski definition) is 1. The Morgan fingerprint density at radius 2 is 1.78 bits per heavy atom. The lowest BCUT2D eigenvalue weighted by Gasteiger charge is -1.98. The zero-order valence-corrected chi connectivity index (χ0v) is 6.50. The van der Waals surface area contributed by atoms with Crippen molar-refractivity contribution in [1.82, 2.24) is 0 Å². The highest BCUT2D eigenvalue weighted by molar-refractivity contribution is 7.78. The molecule has 1 N–H and O–H groups in total. The molecule has 0 spiro atoms. The molecule has 0 atom stereocenters. The Morgan fingerprint density at radius 1 is 1.44 bits per heavy atom. The van der Waals surface area contributed by atoms with E-state index in [1.807, 2.05) is 0 Å². The van der Waals surface area contributed by atoms with Crippen molar-refractivity contribution >= 4 is 17.4 Å². The van der Waals surface area contributed by atoms with Crippen molar-refractivity contribution in [3.8, 4) is 0 Å². The maximum absolute atomic E-state index is 7.13. The van der Waals surface area contributed by atoms with Crippen molar-refractivity contribution in [2.45, 2.75) is 12.8 Å². The van der Waals surface area contributed by atoms with E-state index in [-0.39, 0.29) is 0 Å². The molecule has 1 heterocycles. The minimum atomic E-state index is 1.33. The van der Waals surface area contributed by atoms with E-state index in [2.05, 4.69) is 19.3 Å². The summed E-state index contributed by atoms with van der Waals surface area (Å²) in [6, 6.07) is 0. The van der Waals surface area contributed by atoms with E-state index in [0.29, 0.717) is 0 Å². The topological polar surface area (TPSA) is 26.7 Å². The highest BCUT2D eigenvalue weighted by Gasteiger charge is 2.07. The van der Waals surface area contributed by atoms with Gasteiger partial charge in [-0.3, -0.25) is 0 Å². The molecule has 0 saturated carbocycles. The molecule has 1 aliphatic heterocycles. The summed E-state index contributed by atoms with van der Waals surface area (Å²) in [5.74, 6) is 0. The molecule has 0 radical (unpaired) electrons. The Morgan fingerprint density at radius 3 is 1.89 bits per heavy atom. The van der Waals surface area contributed by atoms with E-state index < -0.39 is 0 Å². The van der Waals surface area contributed by atoms with Crippen LogP contribution in [0.15, 0.2) is 0 Å². The van der Waals surface area contributed by atoms with E-state index in [9.17, 15) is 0 Å². The number of nitrogens with one attached hydrogen (secondary N) is 1. The normalized spacial score (nSPS) is 17.9. The van der Waals surface area contributed by atoms with Gasteiger partial charge < -0.3 is 10.3 Å². The first kappa shape index (κ1) is 8.76. The van der Waals surface area contributed by atoms with Crippen molar-refractivity contribution < 1.29 is 4.90 Å². The third-order valence-electron chi connectivity index (χ3n) is 1.46. The Hall–Kier alpha value is -0.240. The highest BCUT2D eigenvalue weighted by Crippen LogP contribution is 1.84. The summed E-state index contributed by atoms with van der Waals surface area (Å²) >= 11 is 3.70. The van der Waals surface area contributed by atoms with Crippen LogP contribution in [0.5, 0.6) is 0 Å². The number of quaternary nitrogens is 1. The summed E-state index contributed by atoms with van der Waals surface area (Å²) in [5.41, 5.74) is 0. The van der Waals surface area contributed by atoms with E-state index in [0.717, 1.165) is 0 Å². The Labute approximate surface area is 61.4 Å². The zero-order valence-electron chi connectivity index (χ0n) is 5.68. The molecule has 2 nitrogen and oxygen atoms in total.